The lowest BCUT2D eigenvalue weighted by Crippen LogP contribution is -2.36. The number of ether oxygens (including phenoxy) is 1. The van der Waals surface area contributed by atoms with Crippen LogP contribution in [0.1, 0.15) is 32.6 Å². The van der Waals surface area contributed by atoms with Crippen molar-refractivity contribution in [3.05, 3.63) is 64.2 Å². The minimum atomic E-state index is -0.967. The van der Waals surface area contributed by atoms with Crippen molar-refractivity contribution >= 4 is 12.0 Å². The van der Waals surface area contributed by atoms with E-state index < -0.39 is 5.97 Å². The molecular weight excluding hydrogens is 332 g/mol. The zero-order chi connectivity index (χ0) is 19.3. The smallest absolute Gasteiger partial charge is 0.335 e. The molecule has 0 spiro atoms. The molecule has 0 aromatic heterocycles. The SMILES string of the molecule is COc1c(C)cc(CN(C)C(=O)NCc2ccc(C(=O)O)cc2)cc1C. The molecule has 6 heteroatoms. The predicted molar refractivity (Wildman–Crippen MR) is 99.6 cm³/mol. The number of hydrogen-bond donors (Lipinski definition) is 2. The molecule has 0 saturated carbocycles. The molecule has 0 aliphatic heterocycles. The monoisotopic (exact) mass is 356 g/mol. The van der Waals surface area contributed by atoms with Crippen LogP contribution in [-0.2, 0) is 13.1 Å². The highest BCUT2D eigenvalue weighted by Gasteiger charge is 2.11. The molecule has 2 aromatic rings. The first kappa shape index (κ1) is 19.3. The largest absolute Gasteiger partial charge is 0.496 e. The van der Waals surface area contributed by atoms with Gasteiger partial charge in [0, 0.05) is 20.1 Å². The van der Waals surface area contributed by atoms with Crippen molar-refractivity contribution in [2.75, 3.05) is 14.2 Å². The highest BCUT2D eigenvalue weighted by Crippen LogP contribution is 2.24. The molecular formula is C20H24N2O4. The molecule has 6 nitrogen and oxygen atoms in total. The maximum Gasteiger partial charge on any atom is 0.335 e. The van der Waals surface area contributed by atoms with Crippen LogP contribution in [0.2, 0.25) is 0 Å². The van der Waals surface area contributed by atoms with E-state index in [4.69, 9.17) is 9.84 Å². The summed E-state index contributed by atoms with van der Waals surface area (Å²) in [6.45, 7) is 4.78. The standard InChI is InChI=1S/C20H24N2O4/c1-13-9-16(10-14(2)18(13)26-4)12-22(3)20(25)21-11-15-5-7-17(8-6-15)19(23)24/h5-10H,11-12H2,1-4H3,(H,21,25)(H,23,24). The Bertz CT molecular complexity index is 777. The number of nitrogens with one attached hydrogen (secondary N) is 1. The van der Waals surface area contributed by atoms with Crippen LogP contribution in [0.4, 0.5) is 4.79 Å². The third-order valence-electron chi connectivity index (χ3n) is 4.14. The van der Waals surface area contributed by atoms with E-state index in [0.717, 1.165) is 28.0 Å². The summed E-state index contributed by atoms with van der Waals surface area (Å²) in [7, 11) is 3.38. The Hall–Kier alpha value is -3.02. The second kappa shape index (κ2) is 8.38. The Labute approximate surface area is 153 Å². The molecule has 138 valence electrons. The highest BCUT2D eigenvalue weighted by atomic mass is 16.5. The predicted octanol–water partition coefficient (Wildman–Crippen LogP) is 3.35. The lowest BCUT2D eigenvalue weighted by Gasteiger charge is -2.19. The second-order valence-electron chi connectivity index (χ2n) is 6.28. The number of carboxylic acids is 1. The zero-order valence-electron chi connectivity index (χ0n) is 15.5. The van der Waals surface area contributed by atoms with Crippen LogP contribution in [0, 0.1) is 13.8 Å². The quantitative estimate of drug-likeness (QED) is 0.832. The number of urea groups is 1. The number of nitrogens with zero attached hydrogens (tertiary/aromatic N) is 1. The maximum absolute atomic E-state index is 12.3. The average molecular weight is 356 g/mol. The van der Waals surface area contributed by atoms with Gasteiger partial charge in [-0.05, 0) is 48.2 Å². The number of carbonyl (C=O) groups is 2. The van der Waals surface area contributed by atoms with E-state index >= 15 is 0 Å². The fourth-order valence-electron chi connectivity index (χ4n) is 2.88. The normalized spacial score (nSPS) is 10.3. The Morgan fingerprint density at radius 1 is 1.08 bits per heavy atom. The lowest BCUT2D eigenvalue weighted by molar-refractivity contribution is 0.0697. The minimum absolute atomic E-state index is 0.196. The van der Waals surface area contributed by atoms with Gasteiger partial charge in [0.05, 0.1) is 12.7 Å². The molecule has 0 radical (unpaired) electrons. The molecule has 0 aliphatic rings. The van der Waals surface area contributed by atoms with Crippen LogP contribution in [-0.4, -0.2) is 36.2 Å². The van der Waals surface area contributed by atoms with Crippen LogP contribution in [0.25, 0.3) is 0 Å². The van der Waals surface area contributed by atoms with Crippen molar-refractivity contribution in [2.45, 2.75) is 26.9 Å². The molecule has 0 aliphatic carbocycles. The summed E-state index contributed by atoms with van der Waals surface area (Å²) in [6, 6.07) is 10.3. The lowest BCUT2D eigenvalue weighted by atomic mass is 10.1. The molecule has 0 atom stereocenters. The van der Waals surface area contributed by atoms with Gasteiger partial charge >= 0.3 is 12.0 Å². The zero-order valence-corrected chi connectivity index (χ0v) is 15.5. The van der Waals surface area contributed by atoms with Crippen LogP contribution in [0.15, 0.2) is 36.4 Å². The summed E-state index contributed by atoms with van der Waals surface area (Å²) < 4.78 is 5.36. The number of carboxylic acid groups (broad SMARTS) is 1. The molecule has 0 fully saturated rings. The Morgan fingerprint density at radius 3 is 2.15 bits per heavy atom. The average Bonchev–Trinajstić information content (AvgIpc) is 2.59. The molecule has 0 saturated heterocycles. The Balaban J connectivity index is 1.94. The first-order chi connectivity index (χ1) is 12.3. The van der Waals surface area contributed by atoms with Crippen molar-refractivity contribution in [3.8, 4) is 5.75 Å². The van der Waals surface area contributed by atoms with Gasteiger partial charge in [-0.15, -0.1) is 0 Å². The van der Waals surface area contributed by atoms with Crippen molar-refractivity contribution in [1.29, 1.82) is 0 Å². The number of aryl methyl sites for hydroxylation is 2. The van der Waals surface area contributed by atoms with E-state index in [-0.39, 0.29) is 11.6 Å². The molecule has 0 unspecified atom stereocenters. The first-order valence-electron chi connectivity index (χ1n) is 8.27. The van der Waals surface area contributed by atoms with Gasteiger partial charge in [0.15, 0.2) is 0 Å². The molecule has 2 amide bonds. The van der Waals surface area contributed by atoms with Crippen molar-refractivity contribution in [1.82, 2.24) is 10.2 Å². The van der Waals surface area contributed by atoms with E-state index in [1.165, 1.54) is 12.1 Å². The van der Waals surface area contributed by atoms with E-state index in [1.807, 2.05) is 26.0 Å². The summed E-state index contributed by atoms with van der Waals surface area (Å²) in [5.41, 5.74) is 4.17. The van der Waals surface area contributed by atoms with Gasteiger partial charge in [-0.3, -0.25) is 0 Å². The molecule has 0 bridgehead atoms. The summed E-state index contributed by atoms with van der Waals surface area (Å²) in [6.07, 6.45) is 0. The molecule has 26 heavy (non-hydrogen) atoms. The molecule has 0 heterocycles. The Morgan fingerprint density at radius 2 is 1.65 bits per heavy atom. The maximum atomic E-state index is 12.3. The van der Waals surface area contributed by atoms with E-state index in [0.29, 0.717) is 13.1 Å². The third kappa shape index (κ3) is 4.75. The van der Waals surface area contributed by atoms with Gasteiger partial charge in [-0.2, -0.15) is 0 Å². The molecule has 2 aromatic carbocycles. The van der Waals surface area contributed by atoms with Crippen molar-refractivity contribution < 1.29 is 19.4 Å². The van der Waals surface area contributed by atoms with E-state index in [1.54, 1.807) is 31.2 Å². The van der Waals surface area contributed by atoms with Gasteiger partial charge in [-0.1, -0.05) is 24.3 Å². The Kier molecular flexibility index (Phi) is 6.22. The van der Waals surface area contributed by atoms with E-state index in [2.05, 4.69) is 5.32 Å². The number of hydrogen-bond acceptors (Lipinski definition) is 3. The first-order valence-corrected chi connectivity index (χ1v) is 8.27. The number of amides is 2. The van der Waals surface area contributed by atoms with Gasteiger partial charge in [0.1, 0.15) is 5.75 Å². The summed E-state index contributed by atoms with van der Waals surface area (Å²) in [4.78, 5) is 24.7. The summed E-state index contributed by atoms with van der Waals surface area (Å²) >= 11 is 0. The van der Waals surface area contributed by atoms with Gasteiger partial charge in [0.25, 0.3) is 0 Å². The minimum Gasteiger partial charge on any atom is -0.496 e. The van der Waals surface area contributed by atoms with Crippen LogP contribution in [0.5, 0.6) is 5.75 Å². The van der Waals surface area contributed by atoms with Crippen LogP contribution < -0.4 is 10.1 Å². The van der Waals surface area contributed by atoms with Crippen molar-refractivity contribution in [3.63, 3.8) is 0 Å². The van der Waals surface area contributed by atoms with Gasteiger partial charge in [0.2, 0.25) is 0 Å². The number of aromatic carboxylic acids is 1. The molecule has 2 N–H and O–H groups in total. The van der Waals surface area contributed by atoms with Crippen molar-refractivity contribution in [2.24, 2.45) is 0 Å². The fourth-order valence-corrected chi connectivity index (χ4v) is 2.88. The summed E-state index contributed by atoms with van der Waals surface area (Å²) in [5, 5.41) is 11.7. The van der Waals surface area contributed by atoms with Gasteiger partial charge in [-0.25, -0.2) is 9.59 Å². The summed E-state index contributed by atoms with van der Waals surface area (Å²) in [5.74, 6) is -0.101. The van der Waals surface area contributed by atoms with Gasteiger partial charge < -0.3 is 20.1 Å². The number of rotatable bonds is 6. The van der Waals surface area contributed by atoms with E-state index in [9.17, 15) is 9.59 Å². The number of carbonyl (C=O) groups excluding carboxylic acids is 1. The van der Waals surface area contributed by atoms with Crippen LogP contribution >= 0.6 is 0 Å². The second-order valence-corrected chi connectivity index (χ2v) is 6.28. The third-order valence-corrected chi connectivity index (χ3v) is 4.14. The van der Waals surface area contributed by atoms with Crippen LogP contribution in [0.3, 0.4) is 0 Å². The highest BCUT2D eigenvalue weighted by molar-refractivity contribution is 5.87. The number of methoxy groups -OCH3 is 1. The fraction of sp³-hybridized carbons (Fsp3) is 0.300. The molecule has 2 rings (SSSR count). The number of benzene rings is 2. The topological polar surface area (TPSA) is 78.9 Å².